The zero-order chi connectivity index (χ0) is 19.4. The lowest BCUT2D eigenvalue weighted by Gasteiger charge is -2.00. The smallest absolute Gasteiger partial charge is 0.258 e. The molecule has 134 valence electrons. The zero-order valence-electron chi connectivity index (χ0n) is 15.0. The van der Waals surface area contributed by atoms with Crippen LogP contribution < -0.4 is 0 Å². The van der Waals surface area contributed by atoms with Crippen LogP contribution in [0.4, 0.5) is 5.69 Å². The number of aryl methyl sites for hydroxylation is 2. The number of nitro benzene ring substituents is 1. The second-order valence-corrected chi connectivity index (χ2v) is 7.20. The lowest BCUT2D eigenvalue weighted by Crippen LogP contribution is -1.87. The Hall–Kier alpha value is -3.30. The lowest BCUT2D eigenvalue weighted by molar-refractivity contribution is -0.384. The van der Waals surface area contributed by atoms with Gasteiger partial charge in [0, 0.05) is 22.6 Å². The number of hydrogen-bond acceptors (Lipinski definition) is 5. The highest BCUT2D eigenvalue weighted by Gasteiger charge is 2.13. The number of aromatic nitrogens is 1. The van der Waals surface area contributed by atoms with Gasteiger partial charge in [-0.1, -0.05) is 31.2 Å². The normalized spacial score (nSPS) is 11.2. The minimum Gasteiger partial charge on any atom is -0.258 e. The van der Waals surface area contributed by atoms with E-state index in [4.69, 9.17) is 0 Å². The van der Waals surface area contributed by atoms with Crippen LogP contribution in [-0.2, 0) is 6.42 Å². The van der Waals surface area contributed by atoms with Gasteiger partial charge in [0.15, 0.2) is 0 Å². The summed E-state index contributed by atoms with van der Waals surface area (Å²) >= 11 is 1.47. The molecule has 1 aromatic heterocycles. The summed E-state index contributed by atoms with van der Waals surface area (Å²) in [7, 11) is 0. The van der Waals surface area contributed by atoms with Crippen LogP contribution in [0.15, 0.2) is 48.5 Å². The molecule has 0 aliphatic carbocycles. The zero-order valence-corrected chi connectivity index (χ0v) is 15.8. The van der Waals surface area contributed by atoms with Crippen molar-refractivity contribution in [1.82, 2.24) is 4.98 Å². The first kappa shape index (κ1) is 18.5. The molecule has 1 heterocycles. The van der Waals surface area contributed by atoms with Gasteiger partial charge < -0.3 is 0 Å². The standard InChI is InChI=1S/C21H17N3O2S/c1-3-15-4-8-17(9-5-15)20-14(2)27-21(23-20)18(13-22)12-16-6-10-19(11-7-16)24(25)26/h4-12H,3H2,1-2H3/b18-12+. The summed E-state index contributed by atoms with van der Waals surface area (Å²) in [5.74, 6) is 0. The maximum Gasteiger partial charge on any atom is 0.269 e. The summed E-state index contributed by atoms with van der Waals surface area (Å²) in [6.45, 7) is 4.11. The van der Waals surface area contributed by atoms with Crippen LogP contribution >= 0.6 is 11.3 Å². The quantitative estimate of drug-likeness (QED) is 0.328. The van der Waals surface area contributed by atoms with Crippen molar-refractivity contribution in [1.29, 1.82) is 5.26 Å². The Bertz CT molecular complexity index is 1040. The minimum atomic E-state index is -0.445. The largest absolute Gasteiger partial charge is 0.269 e. The fourth-order valence-corrected chi connectivity index (χ4v) is 3.58. The molecule has 3 rings (SSSR count). The molecule has 0 saturated heterocycles. The van der Waals surface area contributed by atoms with E-state index < -0.39 is 4.92 Å². The Morgan fingerprint density at radius 3 is 2.44 bits per heavy atom. The molecule has 0 aliphatic rings. The first-order chi connectivity index (χ1) is 13.0. The number of rotatable bonds is 5. The molecule has 0 saturated carbocycles. The first-order valence-electron chi connectivity index (χ1n) is 8.45. The van der Waals surface area contributed by atoms with E-state index in [1.54, 1.807) is 18.2 Å². The van der Waals surface area contributed by atoms with E-state index in [1.165, 1.54) is 29.0 Å². The molecular weight excluding hydrogens is 358 g/mol. The van der Waals surface area contributed by atoms with Crippen molar-refractivity contribution >= 4 is 28.7 Å². The summed E-state index contributed by atoms with van der Waals surface area (Å²) in [6.07, 6.45) is 2.68. The van der Waals surface area contributed by atoms with Gasteiger partial charge in [-0.3, -0.25) is 10.1 Å². The van der Waals surface area contributed by atoms with Crippen LogP contribution in [0.2, 0.25) is 0 Å². The Morgan fingerprint density at radius 1 is 1.22 bits per heavy atom. The first-order valence-corrected chi connectivity index (χ1v) is 9.27. The van der Waals surface area contributed by atoms with Crippen LogP contribution in [0.3, 0.4) is 0 Å². The maximum absolute atomic E-state index is 10.8. The van der Waals surface area contributed by atoms with E-state index in [1.807, 2.05) is 6.92 Å². The number of hydrogen-bond donors (Lipinski definition) is 0. The Morgan fingerprint density at radius 2 is 1.89 bits per heavy atom. The van der Waals surface area contributed by atoms with Gasteiger partial charge >= 0.3 is 0 Å². The van der Waals surface area contributed by atoms with Crippen molar-refractivity contribution in [2.75, 3.05) is 0 Å². The molecule has 27 heavy (non-hydrogen) atoms. The van der Waals surface area contributed by atoms with E-state index in [0.717, 1.165) is 28.1 Å². The Balaban J connectivity index is 1.94. The molecular formula is C21H17N3O2S. The molecule has 0 N–H and O–H groups in total. The van der Waals surface area contributed by atoms with Crippen molar-refractivity contribution in [2.24, 2.45) is 0 Å². The summed E-state index contributed by atoms with van der Waals surface area (Å²) < 4.78 is 0. The van der Waals surface area contributed by atoms with Crippen LogP contribution in [-0.4, -0.2) is 9.91 Å². The van der Waals surface area contributed by atoms with Crippen molar-refractivity contribution < 1.29 is 4.92 Å². The van der Waals surface area contributed by atoms with Gasteiger partial charge in [0.25, 0.3) is 5.69 Å². The number of allylic oxidation sites excluding steroid dienone is 1. The monoisotopic (exact) mass is 375 g/mol. The van der Waals surface area contributed by atoms with Crippen molar-refractivity contribution in [3.05, 3.63) is 79.7 Å². The second kappa shape index (κ2) is 7.94. The van der Waals surface area contributed by atoms with Crippen molar-refractivity contribution in [3.63, 3.8) is 0 Å². The highest BCUT2D eigenvalue weighted by molar-refractivity contribution is 7.13. The topological polar surface area (TPSA) is 79.8 Å². The van der Waals surface area contributed by atoms with E-state index in [9.17, 15) is 15.4 Å². The van der Waals surface area contributed by atoms with Gasteiger partial charge in [-0.05, 0) is 42.7 Å². The molecule has 0 bridgehead atoms. The summed E-state index contributed by atoms with van der Waals surface area (Å²) in [4.78, 5) is 16.0. The van der Waals surface area contributed by atoms with E-state index in [0.29, 0.717) is 10.6 Å². The van der Waals surface area contributed by atoms with Gasteiger partial charge in [-0.25, -0.2) is 4.98 Å². The molecule has 6 heteroatoms. The van der Waals surface area contributed by atoms with E-state index in [2.05, 4.69) is 42.2 Å². The molecule has 0 fully saturated rings. The third-order valence-corrected chi connectivity index (χ3v) is 5.20. The number of nitriles is 1. The molecule has 0 amide bonds. The van der Waals surface area contributed by atoms with Gasteiger partial charge in [-0.15, -0.1) is 11.3 Å². The number of thiazole rings is 1. The molecule has 0 aliphatic heterocycles. The van der Waals surface area contributed by atoms with Crippen molar-refractivity contribution in [3.8, 4) is 17.3 Å². The average molecular weight is 375 g/mol. The van der Waals surface area contributed by atoms with Gasteiger partial charge in [0.1, 0.15) is 11.1 Å². The molecule has 5 nitrogen and oxygen atoms in total. The predicted octanol–water partition coefficient (Wildman–Crippen LogP) is 5.65. The Labute approximate surface area is 161 Å². The summed E-state index contributed by atoms with van der Waals surface area (Å²) in [5.41, 5.74) is 4.35. The highest BCUT2D eigenvalue weighted by atomic mass is 32.1. The summed E-state index contributed by atoms with van der Waals surface area (Å²) in [6, 6.07) is 16.6. The van der Waals surface area contributed by atoms with Gasteiger partial charge in [0.05, 0.1) is 16.2 Å². The number of nitrogens with zero attached hydrogens (tertiary/aromatic N) is 3. The molecule has 0 spiro atoms. The minimum absolute atomic E-state index is 0.0218. The van der Waals surface area contributed by atoms with Gasteiger partial charge in [0.2, 0.25) is 0 Å². The average Bonchev–Trinajstić information content (AvgIpc) is 3.08. The van der Waals surface area contributed by atoms with Crippen LogP contribution in [0.5, 0.6) is 0 Å². The number of non-ortho nitro benzene ring substituents is 1. The van der Waals surface area contributed by atoms with Gasteiger partial charge in [-0.2, -0.15) is 5.26 Å². The van der Waals surface area contributed by atoms with E-state index >= 15 is 0 Å². The third-order valence-electron chi connectivity index (χ3n) is 4.20. The lowest BCUT2D eigenvalue weighted by atomic mass is 10.1. The Kier molecular flexibility index (Phi) is 5.43. The fourth-order valence-electron chi connectivity index (χ4n) is 2.68. The second-order valence-electron chi connectivity index (χ2n) is 5.99. The van der Waals surface area contributed by atoms with Crippen LogP contribution in [0.25, 0.3) is 22.9 Å². The highest BCUT2D eigenvalue weighted by Crippen LogP contribution is 2.32. The molecule has 0 atom stereocenters. The molecule has 0 radical (unpaired) electrons. The molecule has 2 aromatic carbocycles. The number of benzene rings is 2. The summed E-state index contributed by atoms with van der Waals surface area (Å²) in [5, 5.41) is 21.0. The third kappa shape index (κ3) is 4.10. The van der Waals surface area contributed by atoms with Crippen molar-refractivity contribution in [2.45, 2.75) is 20.3 Å². The predicted molar refractivity (Wildman–Crippen MR) is 108 cm³/mol. The van der Waals surface area contributed by atoms with Crippen LogP contribution in [0, 0.1) is 28.4 Å². The SMILES string of the molecule is CCc1ccc(-c2nc(/C(C#N)=C/c3ccc([N+](=O)[O-])cc3)sc2C)cc1. The number of nitro groups is 1. The maximum atomic E-state index is 10.8. The fraction of sp³-hybridized carbons (Fsp3) is 0.143. The van der Waals surface area contributed by atoms with Crippen LogP contribution in [0.1, 0.15) is 27.9 Å². The molecule has 0 unspecified atom stereocenters. The van der Waals surface area contributed by atoms with E-state index in [-0.39, 0.29) is 5.69 Å². The molecule has 3 aromatic rings.